The number of hydrogen-bond acceptors (Lipinski definition) is 3. The molecule has 2 rings (SSSR count). The molecule has 0 bridgehead atoms. The molecule has 2 aliphatic rings. The number of hydrogen-bond donors (Lipinski definition) is 2. The van der Waals surface area contributed by atoms with Gasteiger partial charge in [-0.25, -0.2) is 4.79 Å². The van der Waals surface area contributed by atoms with Crippen molar-refractivity contribution in [1.29, 1.82) is 0 Å². The second kappa shape index (κ2) is 5.54. The zero-order valence-corrected chi connectivity index (χ0v) is 12.8. The highest BCUT2D eigenvalue weighted by atomic mass is 16.4. The minimum atomic E-state index is -1.13. The zero-order valence-electron chi connectivity index (χ0n) is 12.8. The van der Waals surface area contributed by atoms with Crippen LogP contribution in [0.25, 0.3) is 0 Å². The number of carbonyl (C=O) groups is 2. The molecule has 2 N–H and O–H groups in total. The van der Waals surface area contributed by atoms with Gasteiger partial charge >= 0.3 is 11.9 Å². The van der Waals surface area contributed by atoms with E-state index in [2.05, 4.69) is 18.7 Å². The number of likely N-dealkylation sites (tertiary alicyclic amines) is 1. The minimum absolute atomic E-state index is 0.0305. The van der Waals surface area contributed by atoms with Crippen LogP contribution in [-0.4, -0.2) is 40.1 Å². The first-order chi connectivity index (χ1) is 9.73. The average molecular weight is 293 g/mol. The second-order valence-electron chi connectivity index (χ2n) is 6.75. The van der Waals surface area contributed by atoms with E-state index in [-0.39, 0.29) is 12.0 Å². The number of carboxylic acid groups (broad SMARTS) is 2. The van der Waals surface area contributed by atoms with Gasteiger partial charge in [-0.1, -0.05) is 19.9 Å². The van der Waals surface area contributed by atoms with Crippen LogP contribution in [-0.2, 0) is 9.59 Å². The normalized spacial score (nSPS) is 33.2. The number of nitrogens with zero attached hydrogens (tertiary/aromatic N) is 1. The quantitative estimate of drug-likeness (QED) is 0.835. The molecule has 0 spiro atoms. The van der Waals surface area contributed by atoms with Gasteiger partial charge in [-0.15, -0.1) is 0 Å². The Morgan fingerprint density at radius 1 is 1.24 bits per heavy atom. The zero-order chi connectivity index (χ0) is 15.8. The molecule has 0 amide bonds. The molecule has 3 unspecified atom stereocenters. The summed E-state index contributed by atoms with van der Waals surface area (Å²) < 4.78 is 0. The summed E-state index contributed by atoms with van der Waals surface area (Å²) in [4.78, 5) is 25.0. The van der Waals surface area contributed by atoms with Gasteiger partial charge in [-0.3, -0.25) is 4.79 Å². The monoisotopic (exact) mass is 293 g/mol. The molecule has 0 radical (unpaired) electrons. The van der Waals surface area contributed by atoms with E-state index in [4.69, 9.17) is 0 Å². The summed E-state index contributed by atoms with van der Waals surface area (Å²) in [7, 11) is 0. The predicted octanol–water partition coefficient (Wildman–Crippen LogP) is 2.35. The Morgan fingerprint density at radius 2 is 1.81 bits per heavy atom. The summed E-state index contributed by atoms with van der Waals surface area (Å²) in [5.41, 5.74) is -0.243. The maximum absolute atomic E-state index is 11.6. The molecule has 0 aromatic carbocycles. The van der Waals surface area contributed by atoms with Crippen molar-refractivity contribution < 1.29 is 19.8 Å². The standard InChI is InChI=1S/C16H23NO4/c1-10-6-11(2)9-17(8-10)13-4-5-16(3,15(20)21)7-12(13)14(18)19/h4-5,10-11H,6-9H2,1-3H3,(H,18,19)(H,20,21). The third-order valence-electron chi connectivity index (χ3n) is 4.42. The molecule has 5 nitrogen and oxygen atoms in total. The van der Waals surface area contributed by atoms with E-state index in [1.165, 1.54) is 0 Å². The summed E-state index contributed by atoms with van der Waals surface area (Å²) in [6, 6.07) is 0. The molecule has 0 aromatic heterocycles. The predicted molar refractivity (Wildman–Crippen MR) is 78.7 cm³/mol. The molecule has 1 aliphatic heterocycles. The Hall–Kier alpha value is -1.78. The highest BCUT2D eigenvalue weighted by molar-refractivity contribution is 5.91. The van der Waals surface area contributed by atoms with E-state index in [9.17, 15) is 19.8 Å². The van der Waals surface area contributed by atoms with Crippen LogP contribution < -0.4 is 0 Å². The number of aliphatic carboxylic acids is 2. The van der Waals surface area contributed by atoms with Crippen molar-refractivity contribution in [2.75, 3.05) is 13.1 Å². The van der Waals surface area contributed by atoms with E-state index in [1.807, 2.05) is 0 Å². The average Bonchev–Trinajstić information content (AvgIpc) is 2.37. The van der Waals surface area contributed by atoms with E-state index >= 15 is 0 Å². The topological polar surface area (TPSA) is 77.8 Å². The number of carboxylic acids is 2. The third-order valence-corrected chi connectivity index (χ3v) is 4.42. The minimum Gasteiger partial charge on any atom is -0.481 e. The van der Waals surface area contributed by atoms with E-state index in [0.29, 0.717) is 17.5 Å². The Balaban J connectivity index is 2.34. The van der Waals surface area contributed by atoms with Crippen LogP contribution in [0.1, 0.15) is 33.6 Å². The van der Waals surface area contributed by atoms with Gasteiger partial charge in [0.25, 0.3) is 0 Å². The first-order valence-electron chi connectivity index (χ1n) is 7.37. The Kier molecular flexibility index (Phi) is 4.12. The van der Waals surface area contributed by atoms with Crippen molar-refractivity contribution in [3.05, 3.63) is 23.4 Å². The molecule has 21 heavy (non-hydrogen) atoms. The number of rotatable bonds is 3. The van der Waals surface area contributed by atoms with Crippen LogP contribution in [0.2, 0.25) is 0 Å². The molecule has 1 heterocycles. The SMILES string of the molecule is CC1CC(C)CN(C2=C(C(=O)O)CC(C)(C(=O)O)C=C2)C1. The maximum Gasteiger partial charge on any atom is 0.333 e. The fourth-order valence-electron chi connectivity index (χ4n) is 3.37. The van der Waals surface area contributed by atoms with Gasteiger partial charge in [0.05, 0.1) is 11.0 Å². The van der Waals surface area contributed by atoms with Crippen LogP contribution >= 0.6 is 0 Å². The summed E-state index contributed by atoms with van der Waals surface area (Å²) in [5.74, 6) is -0.986. The molecule has 1 saturated heterocycles. The lowest BCUT2D eigenvalue weighted by Gasteiger charge is -2.39. The molecule has 116 valence electrons. The smallest absolute Gasteiger partial charge is 0.333 e. The largest absolute Gasteiger partial charge is 0.481 e. The highest BCUT2D eigenvalue weighted by Crippen LogP contribution is 2.37. The van der Waals surface area contributed by atoms with Crippen molar-refractivity contribution in [1.82, 2.24) is 4.90 Å². The van der Waals surface area contributed by atoms with E-state index in [1.54, 1.807) is 19.1 Å². The molecule has 5 heteroatoms. The van der Waals surface area contributed by atoms with Gasteiger partial charge in [0.1, 0.15) is 0 Å². The molecular formula is C16H23NO4. The molecule has 1 aliphatic carbocycles. The van der Waals surface area contributed by atoms with Gasteiger partial charge in [0.15, 0.2) is 0 Å². The van der Waals surface area contributed by atoms with Crippen LogP contribution in [0.4, 0.5) is 0 Å². The van der Waals surface area contributed by atoms with Crippen molar-refractivity contribution in [2.45, 2.75) is 33.6 Å². The fraction of sp³-hybridized carbons (Fsp3) is 0.625. The first-order valence-corrected chi connectivity index (χ1v) is 7.37. The van der Waals surface area contributed by atoms with Crippen molar-refractivity contribution in [2.24, 2.45) is 17.3 Å². The second-order valence-corrected chi connectivity index (χ2v) is 6.75. The van der Waals surface area contributed by atoms with Crippen LogP contribution in [0.3, 0.4) is 0 Å². The van der Waals surface area contributed by atoms with Crippen molar-refractivity contribution in [3.63, 3.8) is 0 Å². The molecular weight excluding hydrogens is 270 g/mol. The summed E-state index contributed by atoms with van der Waals surface area (Å²) in [6.07, 6.45) is 4.48. The lowest BCUT2D eigenvalue weighted by atomic mass is 9.78. The fourth-order valence-corrected chi connectivity index (χ4v) is 3.37. The Morgan fingerprint density at radius 3 is 2.29 bits per heavy atom. The first kappa shape index (κ1) is 15.6. The Bertz CT molecular complexity index is 512. The van der Waals surface area contributed by atoms with Crippen LogP contribution in [0.5, 0.6) is 0 Å². The maximum atomic E-state index is 11.6. The van der Waals surface area contributed by atoms with Gasteiger partial charge in [0.2, 0.25) is 0 Å². The molecule has 3 atom stereocenters. The van der Waals surface area contributed by atoms with Gasteiger partial charge in [-0.05, 0) is 31.3 Å². The van der Waals surface area contributed by atoms with Crippen molar-refractivity contribution >= 4 is 11.9 Å². The Labute approximate surface area is 124 Å². The molecule has 0 aromatic rings. The lowest BCUT2D eigenvalue weighted by molar-refractivity contribution is -0.145. The van der Waals surface area contributed by atoms with E-state index in [0.717, 1.165) is 19.5 Å². The van der Waals surface area contributed by atoms with Crippen molar-refractivity contribution in [3.8, 4) is 0 Å². The van der Waals surface area contributed by atoms with Gasteiger partial charge in [-0.2, -0.15) is 0 Å². The van der Waals surface area contributed by atoms with E-state index < -0.39 is 17.4 Å². The molecule has 1 fully saturated rings. The third kappa shape index (κ3) is 3.12. The summed E-state index contributed by atoms with van der Waals surface area (Å²) >= 11 is 0. The van der Waals surface area contributed by atoms with Crippen LogP contribution in [0, 0.1) is 17.3 Å². The summed E-state index contributed by atoms with van der Waals surface area (Å²) in [6.45, 7) is 7.54. The highest BCUT2D eigenvalue weighted by Gasteiger charge is 2.38. The molecule has 0 saturated carbocycles. The number of piperidine rings is 1. The summed E-state index contributed by atoms with van der Waals surface area (Å²) in [5, 5.41) is 18.8. The lowest BCUT2D eigenvalue weighted by Crippen LogP contribution is -2.40. The number of allylic oxidation sites excluding steroid dienone is 1. The van der Waals surface area contributed by atoms with Gasteiger partial charge < -0.3 is 15.1 Å². The van der Waals surface area contributed by atoms with Gasteiger partial charge in [0, 0.05) is 25.2 Å². The van der Waals surface area contributed by atoms with Crippen LogP contribution in [0.15, 0.2) is 23.4 Å².